The fourth-order valence-electron chi connectivity index (χ4n) is 3.58. The molecule has 3 nitrogen and oxygen atoms in total. The Morgan fingerprint density at radius 3 is 2.71 bits per heavy atom. The standard InChI is InChI=1S/C14H29N3/c1-4-15-13-8-5-9-14(13)17-10-6-7-12(11-17)16(2)3/h12-15H,4-11H2,1-3H3. The second-order valence-corrected chi connectivity index (χ2v) is 5.92. The number of likely N-dealkylation sites (N-methyl/N-ethyl adjacent to an activating group) is 2. The number of likely N-dealkylation sites (tertiary alicyclic amines) is 1. The van der Waals surface area contributed by atoms with Crippen LogP contribution in [-0.4, -0.2) is 61.7 Å². The molecule has 1 aliphatic heterocycles. The largest absolute Gasteiger partial charge is 0.313 e. The second-order valence-electron chi connectivity index (χ2n) is 5.92. The Balaban J connectivity index is 1.91. The van der Waals surface area contributed by atoms with E-state index < -0.39 is 0 Å². The summed E-state index contributed by atoms with van der Waals surface area (Å²) in [7, 11) is 4.45. The number of rotatable bonds is 4. The molecular weight excluding hydrogens is 210 g/mol. The van der Waals surface area contributed by atoms with Crippen LogP contribution < -0.4 is 5.32 Å². The van der Waals surface area contributed by atoms with Crippen LogP contribution in [0.2, 0.25) is 0 Å². The van der Waals surface area contributed by atoms with Crippen LogP contribution in [0, 0.1) is 0 Å². The van der Waals surface area contributed by atoms with Crippen molar-refractivity contribution < 1.29 is 0 Å². The number of hydrogen-bond donors (Lipinski definition) is 1. The van der Waals surface area contributed by atoms with Gasteiger partial charge in [0, 0.05) is 24.7 Å². The van der Waals surface area contributed by atoms with Crippen LogP contribution in [0.25, 0.3) is 0 Å². The van der Waals surface area contributed by atoms with E-state index in [0.29, 0.717) is 0 Å². The minimum Gasteiger partial charge on any atom is -0.313 e. The first-order chi connectivity index (χ1) is 8.22. The van der Waals surface area contributed by atoms with Gasteiger partial charge in [0.2, 0.25) is 0 Å². The lowest BCUT2D eigenvalue weighted by molar-refractivity contribution is 0.0867. The maximum absolute atomic E-state index is 3.68. The second kappa shape index (κ2) is 6.17. The summed E-state index contributed by atoms with van der Waals surface area (Å²) in [5, 5.41) is 3.68. The van der Waals surface area contributed by atoms with Crippen molar-refractivity contribution in [3.63, 3.8) is 0 Å². The lowest BCUT2D eigenvalue weighted by atomic mass is 10.0. The van der Waals surface area contributed by atoms with Gasteiger partial charge in [-0.05, 0) is 52.9 Å². The molecule has 0 aromatic rings. The van der Waals surface area contributed by atoms with Crippen molar-refractivity contribution in [3.8, 4) is 0 Å². The minimum atomic E-state index is 0.751. The predicted molar refractivity (Wildman–Crippen MR) is 73.4 cm³/mol. The van der Waals surface area contributed by atoms with Gasteiger partial charge in [-0.25, -0.2) is 0 Å². The van der Waals surface area contributed by atoms with Gasteiger partial charge in [-0.2, -0.15) is 0 Å². The van der Waals surface area contributed by atoms with E-state index in [0.717, 1.165) is 24.7 Å². The van der Waals surface area contributed by atoms with E-state index >= 15 is 0 Å². The Morgan fingerprint density at radius 2 is 2.00 bits per heavy atom. The van der Waals surface area contributed by atoms with Gasteiger partial charge >= 0.3 is 0 Å². The van der Waals surface area contributed by atoms with Crippen molar-refractivity contribution in [3.05, 3.63) is 0 Å². The first-order valence-corrected chi connectivity index (χ1v) is 7.36. The maximum Gasteiger partial charge on any atom is 0.0250 e. The summed E-state index contributed by atoms with van der Waals surface area (Å²) in [5.41, 5.74) is 0. The molecule has 0 aromatic heterocycles. The number of nitrogens with zero attached hydrogens (tertiary/aromatic N) is 2. The maximum atomic E-state index is 3.68. The summed E-state index contributed by atoms with van der Waals surface area (Å²) in [4.78, 5) is 5.16. The van der Waals surface area contributed by atoms with E-state index in [-0.39, 0.29) is 0 Å². The number of piperidine rings is 1. The van der Waals surface area contributed by atoms with Gasteiger partial charge in [0.1, 0.15) is 0 Å². The molecule has 3 unspecified atom stereocenters. The molecule has 3 heteroatoms. The quantitative estimate of drug-likeness (QED) is 0.803. The predicted octanol–water partition coefficient (Wildman–Crippen LogP) is 1.54. The first kappa shape index (κ1) is 13.3. The molecule has 0 amide bonds. The molecule has 3 atom stereocenters. The summed E-state index contributed by atoms with van der Waals surface area (Å²) in [6, 6.07) is 2.32. The van der Waals surface area contributed by atoms with E-state index in [1.54, 1.807) is 0 Å². The molecule has 1 N–H and O–H groups in total. The Morgan fingerprint density at radius 1 is 1.18 bits per heavy atom. The molecule has 0 spiro atoms. The van der Waals surface area contributed by atoms with Crippen molar-refractivity contribution in [2.24, 2.45) is 0 Å². The molecule has 100 valence electrons. The fourth-order valence-corrected chi connectivity index (χ4v) is 3.58. The molecule has 2 fully saturated rings. The lowest BCUT2D eigenvalue weighted by Crippen LogP contribution is -2.53. The van der Waals surface area contributed by atoms with Gasteiger partial charge in [0.25, 0.3) is 0 Å². The monoisotopic (exact) mass is 239 g/mol. The molecule has 2 rings (SSSR count). The SMILES string of the molecule is CCNC1CCCC1N1CCCC(N(C)C)C1. The lowest BCUT2D eigenvalue weighted by Gasteiger charge is -2.41. The molecule has 1 saturated heterocycles. The molecule has 1 saturated carbocycles. The molecule has 0 bridgehead atoms. The van der Waals surface area contributed by atoms with Gasteiger partial charge in [-0.1, -0.05) is 13.3 Å². The molecule has 17 heavy (non-hydrogen) atoms. The van der Waals surface area contributed by atoms with Crippen molar-refractivity contribution in [1.29, 1.82) is 0 Å². The summed E-state index contributed by atoms with van der Waals surface area (Å²) in [5.74, 6) is 0. The summed E-state index contributed by atoms with van der Waals surface area (Å²) in [6.45, 7) is 5.94. The van der Waals surface area contributed by atoms with Gasteiger partial charge in [0.05, 0.1) is 0 Å². The van der Waals surface area contributed by atoms with Crippen LogP contribution in [-0.2, 0) is 0 Å². The van der Waals surface area contributed by atoms with Crippen LogP contribution in [0.3, 0.4) is 0 Å². The Labute approximate surface area is 107 Å². The van der Waals surface area contributed by atoms with Crippen molar-refractivity contribution in [2.45, 2.75) is 57.2 Å². The third-order valence-corrected chi connectivity index (χ3v) is 4.57. The summed E-state index contributed by atoms with van der Waals surface area (Å²) < 4.78 is 0. The highest BCUT2D eigenvalue weighted by molar-refractivity contribution is 4.93. The van der Waals surface area contributed by atoms with Gasteiger partial charge in [-0.15, -0.1) is 0 Å². The molecule has 0 radical (unpaired) electrons. The van der Waals surface area contributed by atoms with E-state index in [1.165, 1.54) is 45.2 Å². The van der Waals surface area contributed by atoms with Crippen LogP contribution in [0.5, 0.6) is 0 Å². The highest BCUT2D eigenvalue weighted by Crippen LogP contribution is 2.27. The van der Waals surface area contributed by atoms with Crippen LogP contribution in [0.1, 0.15) is 39.0 Å². The smallest absolute Gasteiger partial charge is 0.0250 e. The van der Waals surface area contributed by atoms with E-state index in [1.807, 2.05) is 0 Å². The molecule has 2 aliphatic rings. The van der Waals surface area contributed by atoms with Gasteiger partial charge < -0.3 is 10.2 Å². The van der Waals surface area contributed by atoms with Crippen molar-refractivity contribution in [1.82, 2.24) is 15.1 Å². The van der Waals surface area contributed by atoms with Gasteiger partial charge in [-0.3, -0.25) is 4.90 Å². The molecule has 0 aromatic carbocycles. The Kier molecular flexibility index (Phi) is 4.83. The zero-order valence-electron chi connectivity index (χ0n) is 11.8. The zero-order valence-corrected chi connectivity index (χ0v) is 11.8. The highest BCUT2D eigenvalue weighted by Gasteiger charge is 2.34. The average molecular weight is 239 g/mol. The average Bonchev–Trinajstić information content (AvgIpc) is 2.78. The third-order valence-electron chi connectivity index (χ3n) is 4.57. The fraction of sp³-hybridized carbons (Fsp3) is 1.00. The highest BCUT2D eigenvalue weighted by atomic mass is 15.2. The minimum absolute atomic E-state index is 0.751. The summed E-state index contributed by atoms with van der Waals surface area (Å²) in [6.07, 6.45) is 6.94. The number of hydrogen-bond acceptors (Lipinski definition) is 3. The summed E-state index contributed by atoms with van der Waals surface area (Å²) >= 11 is 0. The van der Waals surface area contributed by atoms with E-state index in [4.69, 9.17) is 0 Å². The number of nitrogens with one attached hydrogen (secondary N) is 1. The van der Waals surface area contributed by atoms with E-state index in [9.17, 15) is 0 Å². The first-order valence-electron chi connectivity index (χ1n) is 7.36. The molecule has 1 aliphatic carbocycles. The topological polar surface area (TPSA) is 18.5 Å². The van der Waals surface area contributed by atoms with Crippen LogP contribution in [0.4, 0.5) is 0 Å². The van der Waals surface area contributed by atoms with Gasteiger partial charge in [0.15, 0.2) is 0 Å². The molecule has 1 heterocycles. The van der Waals surface area contributed by atoms with Crippen LogP contribution in [0.15, 0.2) is 0 Å². The molecular formula is C14H29N3. The van der Waals surface area contributed by atoms with Crippen molar-refractivity contribution >= 4 is 0 Å². The Bertz CT molecular complexity index is 230. The Hall–Kier alpha value is -0.120. The van der Waals surface area contributed by atoms with Crippen LogP contribution >= 0.6 is 0 Å². The third kappa shape index (κ3) is 3.21. The zero-order chi connectivity index (χ0) is 12.3. The van der Waals surface area contributed by atoms with E-state index in [2.05, 4.69) is 36.1 Å². The normalized spacial score (nSPS) is 35.6. The van der Waals surface area contributed by atoms with Crippen molar-refractivity contribution in [2.75, 3.05) is 33.7 Å².